The van der Waals surface area contributed by atoms with E-state index in [4.69, 9.17) is 51.6 Å². The van der Waals surface area contributed by atoms with Crippen molar-refractivity contribution in [1.29, 1.82) is 0 Å². The van der Waals surface area contributed by atoms with Crippen LogP contribution < -0.4 is 10.6 Å². The highest BCUT2D eigenvalue weighted by molar-refractivity contribution is 6.31. The zero-order valence-corrected chi connectivity index (χ0v) is 36.7. The number of methoxy groups -OCH3 is 1. The van der Waals surface area contributed by atoms with Gasteiger partial charge in [0.1, 0.15) is 12.4 Å². The number of hydrogen-bond donors (Lipinski definition) is 3. The van der Waals surface area contributed by atoms with Crippen LogP contribution in [0.25, 0.3) is 5.57 Å². The molecule has 3 N–H and O–H groups in total. The minimum atomic E-state index is -0.717. The Hall–Kier alpha value is -3.23. The third-order valence-electron chi connectivity index (χ3n) is 11.9. The molecule has 0 unspecified atom stereocenters. The Balaban J connectivity index is 0.000000194. The van der Waals surface area contributed by atoms with E-state index in [1.54, 1.807) is 7.11 Å². The van der Waals surface area contributed by atoms with E-state index in [0.717, 1.165) is 33.4 Å². The molecule has 3 spiro atoms. The molecule has 2 amide bonds. The van der Waals surface area contributed by atoms with E-state index >= 15 is 0 Å². The van der Waals surface area contributed by atoms with Crippen LogP contribution >= 0.6 is 23.2 Å². The van der Waals surface area contributed by atoms with Crippen LogP contribution in [0.5, 0.6) is 0 Å². The van der Waals surface area contributed by atoms with Crippen molar-refractivity contribution in [3.05, 3.63) is 73.5 Å². The van der Waals surface area contributed by atoms with Gasteiger partial charge in [0.15, 0.2) is 11.6 Å². The van der Waals surface area contributed by atoms with Crippen LogP contribution in [-0.2, 0) is 49.2 Å². The molecule has 5 aliphatic rings. The summed E-state index contributed by atoms with van der Waals surface area (Å²) in [5.41, 5.74) is 4.59. The van der Waals surface area contributed by atoms with Gasteiger partial charge >= 0.3 is 0 Å². The number of carbonyl (C=O) groups excluding carboxylic acids is 3. The van der Waals surface area contributed by atoms with E-state index < -0.39 is 22.7 Å². The molecule has 3 heterocycles. The second-order valence-corrected chi connectivity index (χ2v) is 18.0. The summed E-state index contributed by atoms with van der Waals surface area (Å²) < 4.78 is 33.0. The third kappa shape index (κ3) is 10.7. The quantitative estimate of drug-likeness (QED) is 0.237. The van der Waals surface area contributed by atoms with Gasteiger partial charge in [-0.15, -0.1) is 0 Å². The monoisotopic (exact) mass is 846 g/mol. The summed E-state index contributed by atoms with van der Waals surface area (Å²) in [6.07, 6.45) is 5.35. The van der Waals surface area contributed by atoms with Crippen LogP contribution in [0.2, 0.25) is 10.0 Å². The second-order valence-electron chi connectivity index (χ2n) is 17.1. The summed E-state index contributed by atoms with van der Waals surface area (Å²) in [4.78, 5) is 36.3. The van der Waals surface area contributed by atoms with E-state index in [-0.39, 0.29) is 36.2 Å². The lowest BCUT2D eigenvalue weighted by Crippen LogP contribution is -2.57. The fraction of sp³-hybridized carbons (Fsp3) is 0.614. The Kier molecular flexibility index (Phi) is 14.7. The molecule has 0 radical (unpaired) electrons. The maximum Gasteiger partial charge on any atom is 0.293 e. The van der Waals surface area contributed by atoms with Crippen LogP contribution in [0.1, 0.15) is 106 Å². The number of halogens is 2. The molecule has 3 aliphatic heterocycles. The van der Waals surface area contributed by atoms with Gasteiger partial charge in [-0.3, -0.25) is 14.4 Å². The van der Waals surface area contributed by atoms with Crippen molar-refractivity contribution in [1.82, 2.24) is 10.6 Å². The van der Waals surface area contributed by atoms with Gasteiger partial charge < -0.3 is 44.2 Å². The SMILES string of the molecule is COC(C)(C)C.Cc1cc(Cl)cc(C)c1C1=C(O)C2(CCC3(CC2)OCCO3)NC1=O.Cc1cc(Cl)cc(C)c1CC(=O)NC1(COC=O)CCC2(CC1)OCCO2. The standard InChI is InChI=1S/C20H26ClNO5.C19H22ClNO4.C5H12O/c1-14-9-16(21)10-15(2)17(14)11-18(24)22-19(12-25-13-23)3-5-20(6-4-19)26-7-8-27-20;1-11-9-13(20)10-12(2)14(11)15-16(22)18(21-17(15)23)3-5-19(6-4-18)24-7-8-25-19;1-5(2,3)6-4/h9-10,13H,3-8,11-12H2,1-2H3,(H,22,24);9-10,22H,3-8H2,1-2H3,(H,21,23);1-4H3. The molecule has 58 heavy (non-hydrogen) atoms. The van der Waals surface area contributed by atoms with Gasteiger partial charge in [-0.1, -0.05) is 23.2 Å². The first-order valence-electron chi connectivity index (χ1n) is 20.1. The van der Waals surface area contributed by atoms with Gasteiger partial charge in [0.05, 0.1) is 55.1 Å². The van der Waals surface area contributed by atoms with Crippen molar-refractivity contribution >= 4 is 47.1 Å². The number of aliphatic hydroxyl groups excluding tert-OH is 1. The van der Waals surface area contributed by atoms with Gasteiger partial charge in [-0.2, -0.15) is 0 Å². The first-order chi connectivity index (χ1) is 27.3. The summed E-state index contributed by atoms with van der Waals surface area (Å²) >= 11 is 12.2. The van der Waals surface area contributed by atoms with Crippen LogP contribution in [0, 0.1) is 27.7 Å². The highest BCUT2D eigenvalue weighted by Gasteiger charge is 2.53. The smallest absolute Gasteiger partial charge is 0.293 e. The molecule has 14 heteroatoms. The van der Waals surface area contributed by atoms with Gasteiger partial charge in [0.25, 0.3) is 12.4 Å². The number of carbonyl (C=O) groups is 3. The van der Waals surface area contributed by atoms with Crippen molar-refractivity contribution in [2.45, 2.75) is 135 Å². The summed E-state index contributed by atoms with van der Waals surface area (Å²) in [6.45, 7) is 16.8. The third-order valence-corrected chi connectivity index (χ3v) is 12.4. The predicted molar refractivity (Wildman–Crippen MR) is 222 cm³/mol. The van der Waals surface area contributed by atoms with Gasteiger partial charge in [0, 0.05) is 42.8 Å². The zero-order valence-electron chi connectivity index (χ0n) is 35.2. The Labute approximate surface area is 352 Å². The largest absolute Gasteiger partial charge is 0.509 e. The first kappa shape index (κ1) is 45.8. The molecule has 7 rings (SSSR count). The number of ether oxygens (including phenoxy) is 6. The number of amides is 2. The first-order valence-corrected chi connectivity index (χ1v) is 20.8. The molecular formula is C44H60Cl2N2O10. The average molecular weight is 848 g/mol. The maximum absolute atomic E-state index is 12.8. The van der Waals surface area contributed by atoms with Crippen LogP contribution in [-0.4, -0.2) is 91.8 Å². The minimum Gasteiger partial charge on any atom is -0.509 e. The fourth-order valence-electron chi connectivity index (χ4n) is 8.54. The Bertz CT molecular complexity index is 1790. The lowest BCUT2D eigenvalue weighted by molar-refractivity contribution is -0.190. The molecule has 2 aromatic carbocycles. The van der Waals surface area contributed by atoms with E-state index in [2.05, 4.69) is 10.6 Å². The molecular weight excluding hydrogens is 787 g/mol. The van der Waals surface area contributed by atoms with E-state index in [9.17, 15) is 19.5 Å². The van der Waals surface area contributed by atoms with E-state index in [1.165, 1.54) is 0 Å². The second kappa shape index (κ2) is 18.6. The van der Waals surface area contributed by atoms with E-state index in [1.807, 2.05) is 72.7 Å². The predicted octanol–water partition coefficient (Wildman–Crippen LogP) is 7.69. The summed E-state index contributed by atoms with van der Waals surface area (Å²) in [7, 11) is 1.71. The highest BCUT2D eigenvalue weighted by atomic mass is 35.5. The van der Waals surface area contributed by atoms with Crippen LogP contribution in [0.4, 0.5) is 0 Å². The number of aryl methyl sites for hydroxylation is 4. The zero-order chi connectivity index (χ0) is 42.5. The number of rotatable bonds is 7. The topological polar surface area (TPSA) is 151 Å². The molecule has 0 atom stereocenters. The van der Waals surface area contributed by atoms with Crippen LogP contribution in [0.15, 0.2) is 30.0 Å². The van der Waals surface area contributed by atoms with Crippen molar-refractivity contribution < 1.29 is 47.9 Å². The number of aliphatic hydroxyl groups is 1. The summed E-state index contributed by atoms with van der Waals surface area (Å²) in [5, 5.41) is 18.5. The average Bonchev–Trinajstić information content (AvgIpc) is 3.88. The van der Waals surface area contributed by atoms with E-state index in [0.29, 0.717) is 99.9 Å². The van der Waals surface area contributed by atoms with Crippen molar-refractivity contribution in [2.24, 2.45) is 0 Å². The van der Waals surface area contributed by atoms with Crippen molar-refractivity contribution in [3.63, 3.8) is 0 Å². The minimum absolute atomic E-state index is 0.0417. The molecule has 320 valence electrons. The Morgan fingerprint density at radius 2 is 1.24 bits per heavy atom. The normalized spacial score (nSPS) is 22.9. The molecule has 0 aromatic heterocycles. The number of benzene rings is 2. The lowest BCUT2D eigenvalue weighted by atomic mass is 9.77. The Morgan fingerprint density at radius 3 is 1.67 bits per heavy atom. The summed E-state index contributed by atoms with van der Waals surface area (Å²) in [5.74, 6) is -1.26. The number of hydrogen-bond acceptors (Lipinski definition) is 10. The molecule has 2 saturated heterocycles. The maximum atomic E-state index is 12.8. The Morgan fingerprint density at radius 1 is 0.810 bits per heavy atom. The molecule has 4 fully saturated rings. The lowest BCUT2D eigenvalue weighted by Gasteiger charge is -2.43. The molecule has 2 aromatic rings. The highest BCUT2D eigenvalue weighted by Crippen LogP contribution is 2.47. The molecule has 0 bridgehead atoms. The molecule has 2 saturated carbocycles. The number of nitrogens with one attached hydrogen (secondary N) is 2. The van der Waals surface area contributed by atoms with Gasteiger partial charge in [-0.05, 0) is 132 Å². The summed E-state index contributed by atoms with van der Waals surface area (Å²) in [6, 6.07) is 7.36. The van der Waals surface area contributed by atoms with Crippen molar-refractivity contribution in [3.8, 4) is 0 Å². The van der Waals surface area contributed by atoms with Crippen molar-refractivity contribution in [2.75, 3.05) is 40.1 Å². The van der Waals surface area contributed by atoms with Gasteiger partial charge in [0.2, 0.25) is 5.91 Å². The molecule has 12 nitrogen and oxygen atoms in total. The van der Waals surface area contributed by atoms with Crippen LogP contribution in [0.3, 0.4) is 0 Å². The fourth-order valence-corrected chi connectivity index (χ4v) is 9.20. The van der Waals surface area contributed by atoms with Gasteiger partial charge in [-0.25, -0.2) is 0 Å². The molecule has 2 aliphatic carbocycles.